The summed E-state index contributed by atoms with van der Waals surface area (Å²) in [7, 11) is 0. The lowest BCUT2D eigenvalue weighted by molar-refractivity contribution is 0.591. The van der Waals surface area contributed by atoms with Crippen LogP contribution < -0.4 is 5.32 Å². The summed E-state index contributed by atoms with van der Waals surface area (Å²) < 4.78 is 2.02. The molecule has 0 bridgehead atoms. The minimum Gasteiger partial charge on any atom is -0.310 e. The van der Waals surface area contributed by atoms with E-state index in [4.69, 9.17) is 0 Å². The fourth-order valence-corrected chi connectivity index (χ4v) is 1.53. The van der Waals surface area contributed by atoms with Crippen molar-refractivity contribution in [2.75, 3.05) is 18.6 Å². The van der Waals surface area contributed by atoms with Gasteiger partial charge in [0.05, 0.1) is 5.69 Å². The van der Waals surface area contributed by atoms with E-state index >= 15 is 0 Å². The summed E-state index contributed by atoms with van der Waals surface area (Å²) in [6, 6.07) is 2.07. The van der Waals surface area contributed by atoms with Gasteiger partial charge in [-0.3, -0.25) is 4.68 Å². The molecule has 74 valence electrons. The van der Waals surface area contributed by atoms with E-state index in [-0.39, 0.29) is 0 Å². The summed E-state index contributed by atoms with van der Waals surface area (Å²) >= 11 is 1.86. The van der Waals surface area contributed by atoms with Crippen LogP contribution in [0.1, 0.15) is 12.6 Å². The van der Waals surface area contributed by atoms with Crippen molar-refractivity contribution in [1.29, 1.82) is 0 Å². The number of aromatic nitrogens is 2. The van der Waals surface area contributed by atoms with Gasteiger partial charge in [0.1, 0.15) is 0 Å². The van der Waals surface area contributed by atoms with Crippen molar-refractivity contribution in [3.05, 3.63) is 18.0 Å². The zero-order valence-corrected chi connectivity index (χ0v) is 9.10. The third kappa shape index (κ3) is 3.40. The van der Waals surface area contributed by atoms with E-state index in [9.17, 15) is 0 Å². The average molecular weight is 199 g/mol. The first-order valence-corrected chi connectivity index (χ1v) is 5.98. The zero-order valence-electron chi connectivity index (χ0n) is 8.29. The maximum Gasteiger partial charge on any atom is 0.0521 e. The van der Waals surface area contributed by atoms with Gasteiger partial charge in [0, 0.05) is 31.6 Å². The highest BCUT2D eigenvalue weighted by Crippen LogP contribution is 1.97. The van der Waals surface area contributed by atoms with Crippen LogP contribution in [0.2, 0.25) is 0 Å². The second kappa shape index (κ2) is 6.05. The van der Waals surface area contributed by atoms with Crippen LogP contribution in [0.15, 0.2) is 12.3 Å². The predicted octanol–water partition coefficient (Wildman–Crippen LogP) is 1.36. The van der Waals surface area contributed by atoms with Crippen LogP contribution in [0.4, 0.5) is 0 Å². The Bertz CT molecular complexity index is 235. The Kier molecular flexibility index (Phi) is 4.93. The average Bonchev–Trinajstić information content (AvgIpc) is 2.60. The molecule has 0 radical (unpaired) electrons. The number of rotatable bonds is 6. The second-order valence-electron chi connectivity index (χ2n) is 2.81. The topological polar surface area (TPSA) is 29.9 Å². The molecule has 4 heteroatoms. The lowest BCUT2D eigenvalue weighted by Crippen LogP contribution is -2.18. The van der Waals surface area contributed by atoms with Crippen LogP contribution in [0.5, 0.6) is 0 Å². The van der Waals surface area contributed by atoms with Gasteiger partial charge < -0.3 is 5.32 Å². The van der Waals surface area contributed by atoms with Crippen molar-refractivity contribution in [3.8, 4) is 0 Å². The smallest absolute Gasteiger partial charge is 0.0521 e. The van der Waals surface area contributed by atoms with Gasteiger partial charge in [-0.25, -0.2) is 0 Å². The highest BCUT2D eigenvalue weighted by Gasteiger charge is 1.98. The van der Waals surface area contributed by atoms with Gasteiger partial charge in [0.25, 0.3) is 0 Å². The molecule has 1 rings (SSSR count). The summed E-state index contributed by atoms with van der Waals surface area (Å²) in [6.45, 7) is 5.05. The minimum atomic E-state index is 0.925. The van der Waals surface area contributed by atoms with E-state index in [1.54, 1.807) is 0 Å². The molecule has 0 amide bonds. The Morgan fingerprint density at radius 3 is 3.15 bits per heavy atom. The highest BCUT2D eigenvalue weighted by molar-refractivity contribution is 7.98. The fraction of sp³-hybridized carbons (Fsp3) is 0.667. The summed E-state index contributed by atoms with van der Waals surface area (Å²) in [4.78, 5) is 0. The molecule has 1 N–H and O–H groups in total. The summed E-state index contributed by atoms with van der Waals surface area (Å²) in [5, 5.41) is 7.59. The molecule has 0 aliphatic carbocycles. The third-order valence-corrected chi connectivity index (χ3v) is 2.51. The molecule has 13 heavy (non-hydrogen) atoms. The van der Waals surface area contributed by atoms with Gasteiger partial charge in [-0.1, -0.05) is 0 Å². The van der Waals surface area contributed by atoms with Crippen LogP contribution in [0.3, 0.4) is 0 Å². The summed E-state index contributed by atoms with van der Waals surface area (Å²) in [6.07, 6.45) is 3.98. The van der Waals surface area contributed by atoms with Gasteiger partial charge >= 0.3 is 0 Å². The van der Waals surface area contributed by atoms with Crippen molar-refractivity contribution in [2.24, 2.45) is 0 Å². The van der Waals surface area contributed by atoms with E-state index < -0.39 is 0 Å². The normalized spacial score (nSPS) is 10.6. The Morgan fingerprint density at radius 1 is 1.62 bits per heavy atom. The zero-order chi connectivity index (χ0) is 9.52. The van der Waals surface area contributed by atoms with Crippen LogP contribution in [-0.2, 0) is 13.1 Å². The number of hydrogen-bond donors (Lipinski definition) is 1. The third-order valence-electron chi connectivity index (χ3n) is 1.89. The maximum atomic E-state index is 4.21. The molecule has 0 saturated heterocycles. The van der Waals surface area contributed by atoms with E-state index in [1.165, 1.54) is 11.4 Å². The van der Waals surface area contributed by atoms with E-state index in [0.717, 1.165) is 19.6 Å². The molecule has 1 aromatic rings. The lowest BCUT2D eigenvalue weighted by Gasteiger charge is -2.05. The monoisotopic (exact) mass is 199 g/mol. The standard InChI is InChI=1S/C9H17N3S/c1-3-12-9(4-5-11-12)8-10-6-7-13-2/h4-5,10H,3,6-8H2,1-2H3. The first-order valence-electron chi connectivity index (χ1n) is 4.58. The van der Waals surface area contributed by atoms with Crippen molar-refractivity contribution in [3.63, 3.8) is 0 Å². The molecule has 3 nitrogen and oxygen atoms in total. The number of thioether (sulfide) groups is 1. The Labute approximate surface area is 83.9 Å². The minimum absolute atomic E-state index is 0.925. The van der Waals surface area contributed by atoms with Gasteiger partial charge in [-0.2, -0.15) is 16.9 Å². The first kappa shape index (κ1) is 10.6. The van der Waals surface area contributed by atoms with E-state index in [2.05, 4.69) is 29.7 Å². The number of aryl methyl sites for hydroxylation is 1. The molecule has 0 unspecified atom stereocenters. The molecule has 0 aliphatic rings. The fourth-order valence-electron chi connectivity index (χ4n) is 1.19. The van der Waals surface area contributed by atoms with Crippen molar-refractivity contribution < 1.29 is 0 Å². The summed E-state index contributed by atoms with van der Waals surface area (Å²) in [5.41, 5.74) is 1.27. The SMILES string of the molecule is CCn1nccc1CNCCSC. The van der Waals surface area contributed by atoms with Crippen LogP contribution in [0, 0.1) is 0 Å². The van der Waals surface area contributed by atoms with Crippen LogP contribution in [0.25, 0.3) is 0 Å². The molecule has 0 atom stereocenters. The summed E-state index contributed by atoms with van der Waals surface area (Å²) in [5.74, 6) is 1.17. The molecule has 0 spiro atoms. The van der Waals surface area contributed by atoms with E-state index in [0.29, 0.717) is 0 Å². The molecule has 1 heterocycles. The molecule has 0 aliphatic heterocycles. The lowest BCUT2D eigenvalue weighted by atomic mass is 10.4. The molecule has 1 aromatic heterocycles. The first-order chi connectivity index (χ1) is 6.38. The number of nitrogens with one attached hydrogen (secondary N) is 1. The van der Waals surface area contributed by atoms with Crippen LogP contribution in [-0.4, -0.2) is 28.3 Å². The molecule has 0 aromatic carbocycles. The highest BCUT2D eigenvalue weighted by atomic mass is 32.2. The Morgan fingerprint density at radius 2 is 2.46 bits per heavy atom. The molecular formula is C9H17N3S. The van der Waals surface area contributed by atoms with Gasteiger partial charge in [-0.15, -0.1) is 0 Å². The predicted molar refractivity (Wildman–Crippen MR) is 58.0 cm³/mol. The van der Waals surface area contributed by atoms with Crippen molar-refractivity contribution >= 4 is 11.8 Å². The van der Waals surface area contributed by atoms with Gasteiger partial charge in [-0.05, 0) is 19.2 Å². The van der Waals surface area contributed by atoms with Crippen LogP contribution >= 0.6 is 11.8 Å². The Balaban J connectivity index is 2.27. The molecule has 0 fully saturated rings. The Hall–Kier alpha value is -0.480. The number of nitrogens with zero attached hydrogens (tertiary/aromatic N) is 2. The van der Waals surface area contributed by atoms with Crippen molar-refractivity contribution in [2.45, 2.75) is 20.0 Å². The molecule has 0 saturated carbocycles. The largest absolute Gasteiger partial charge is 0.310 e. The second-order valence-corrected chi connectivity index (χ2v) is 3.79. The number of hydrogen-bond acceptors (Lipinski definition) is 3. The van der Waals surface area contributed by atoms with E-state index in [1.807, 2.05) is 22.6 Å². The van der Waals surface area contributed by atoms with Gasteiger partial charge in [0.2, 0.25) is 0 Å². The quantitative estimate of drug-likeness (QED) is 0.702. The maximum absolute atomic E-state index is 4.21. The molecular weight excluding hydrogens is 182 g/mol. The van der Waals surface area contributed by atoms with Crippen molar-refractivity contribution in [1.82, 2.24) is 15.1 Å². The van der Waals surface area contributed by atoms with Gasteiger partial charge in [0.15, 0.2) is 0 Å².